The molecule has 2 amide bonds. The van der Waals surface area contributed by atoms with Crippen molar-refractivity contribution in [1.82, 2.24) is 15.1 Å². The zero-order valence-corrected chi connectivity index (χ0v) is 16.1. The first-order chi connectivity index (χ1) is 13.0. The first kappa shape index (κ1) is 19.8. The van der Waals surface area contributed by atoms with E-state index in [1.54, 1.807) is 0 Å². The van der Waals surface area contributed by atoms with E-state index in [9.17, 15) is 14.0 Å². The van der Waals surface area contributed by atoms with Gasteiger partial charge in [-0.15, -0.1) is 0 Å². The van der Waals surface area contributed by atoms with E-state index < -0.39 is 0 Å². The van der Waals surface area contributed by atoms with E-state index in [2.05, 4.69) is 10.2 Å². The van der Waals surface area contributed by atoms with Gasteiger partial charge in [0.2, 0.25) is 11.8 Å². The van der Waals surface area contributed by atoms with E-state index in [-0.39, 0.29) is 23.7 Å². The lowest BCUT2D eigenvalue weighted by molar-refractivity contribution is -0.131. The second-order valence-electron chi connectivity index (χ2n) is 7.94. The van der Waals surface area contributed by atoms with Crippen molar-refractivity contribution in [2.24, 2.45) is 5.92 Å². The second-order valence-corrected chi connectivity index (χ2v) is 7.94. The Morgan fingerprint density at radius 1 is 1.22 bits per heavy atom. The van der Waals surface area contributed by atoms with Crippen molar-refractivity contribution < 1.29 is 14.0 Å². The van der Waals surface area contributed by atoms with Crippen LogP contribution in [0.5, 0.6) is 0 Å². The standard InChI is InChI=1S/C21H30FN3O2/c1-24(21(27)14-19-6-7-20(26)23-19)15-17-9-12-25(13-10-17)11-8-16-2-4-18(22)5-3-16/h2-5,17,19H,6-15H2,1H3,(H,23,26)/t19-/m1/s1. The Morgan fingerprint density at radius 2 is 1.93 bits per heavy atom. The van der Waals surface area contributed by atoms with Gasteiger partial charge in [-0.25, -0.2) is 4.39 Å². The maximum absolute atomic E-state index is 13.0. The molecule has 5 nitrogen and oxygen atoms in total. The van der Waals surface area contributed by atoms with Gasteiger partial charge in [0.25, 0.3) is 0 Å². The number of hydrogen-bond donors (Lipinski definition) is 1. The fourth-order valence-electron chi connectivity index (χ4n) is 4.02. The highest BCUT2D eigenvalue weighted by molar-refractivity contribution is 5.81. The Hall–Kier alpha value is -1.95. The van der Waals surface area contributed by atoms with Gasteiger partial charge in [-0.1, -0.05) is 12.1 Å². The molecule has 6 heteroatoms. The summed E-state index contributed by atoms with van der Waals surface area (Å²) in [6.07, 6.45) is 4.86. The summed E-state index contributed by atoms with van der Waals surface area (Å²) in [7, 11) is 1.88. The third kappa shape index (κ3) is 6.03. The van der Waals surface area contributed by atoms with E-state index >= 15 is 0 Å². The largest absolute Gasteiger partial charge is 0.353 e. The SMILES string of the molecule is CN(CC1CCN(CCc2ccc(F)cc2)CC1)C(=O)C[C@H]1CCC(=O)N1. The number of nitrogens with one attached hydrogen (secondary N) is 1. The maximum Gasteiger partial charge on any atom is 0.224 e. The average Bonchev–Trinajstić information content (AvgIpc) is 3.07. The van der Waals surface area contributed by atoms with Crippen molar-refractivity contribution >= 4 is 11.8 Å². The van der Waals surface area contributed by atoms with Crippen LogP contribution in [0.3, 0.4) is 0 Å². The van der Waals surface area contributed by atoms with Crippen LogP contribution in [0.4, 0.5) is 4.39 Å². The summed E-state index contributed by atoms with van der Waals surface area (Å²) in [5, 5.41) is 2.87. The maximum atomic E-state index is 13.0. The van der Waals surface area contributed by atoms with E-state index in [1.807, 2.05) is 24.1 Å². The van der Waals surface area contributed by atoms with Gasteiger partial charge >= 0.3 is 0 Å². The van der Waals surface area contributed by atoms with Crippen molar-refractivity contribution in [2.45, 2.75) is 44.6 Å². The molecule has 0 spiro atoms. The van der Waals surface area contributed by atoms with Crippen LogP contribution in [-0.4, -0.2) is 60.9 Å². The number of carbonyl (C=O) groups is 2. The van der Waals surface area contributed by atoms with Crippen LogP contribution < -0.4 is 5.32 Å². The summed E-state index contributed by atoms with van der Waals surface area (Å²) < 4.78 is 13.0. The fraction of sp³-hybridized carbons (Fsp3) is 0.619. The van der Waals surface area contributed by atoms with Gasteiger partial charge in [0.1, 0.15) is 5.82 Å². The van der Waals surface area contributed by atoms with E-state index in [4.69, 9.17) is 0 Å². The highest BCUT2D eigenvalue weighted by Gasteiger charge is 2.26. The van der Waals surface area contributed by atoms with Crippen LogP contribution in [0.1, 0.15) is 37.7 Å². The molecule has 0 bridgehead atoms. The number of hydrogen-bond acceptors (Lipinski definition) is 3. The molecule has 2 saturated heterocycles. The van der Waals surface area contributed by atoms with Crippen LogP contribution in [0.2, 0.25) is 0 Å². The van der Waals surface area contributed by atoms with Crippen LogP contribution in [0.15, 0.2) is 24.3 Å². The van der Waals surface area contributed by atoms with E-state index in [1.165, 1.54) is 17.7 Å². The quantitative estimate of drug-likeness (QED) is 0.795. The second kappa shape index (κ2) is 9.31. The predicted molar refractivity (Wildman–Crippen MR) is 103 cm³/mol. The molecule has 0 saturated carbocycles. The summed E-state index contributed by atoms with van der Waals surface area (Å²) in [5.41, 5.74) is 1.17. The molecule has 2 aliphatic rings. The highest BCUT2D eigenvalue weighted by atomic mass is 19.1. The molecule has 0 aromatic heterocycles. The van der Waals surface area contributed by atoms with Gasteiger partial charge in [0.15, 0.2) is 0 Å². The first-order valence-electron chi connectivity index (χ1n) is 9.99. The number of carbonyl (C=O) groups excluding carboxylic acids is 2. The molecular formula is C21H30FN3O2. The molecule has 1 aromatic rings. The Kier molecular flexibility index (Phi) is 6.83. The highest BCUT2D eigenvalue weighted by Crippen LogP contribution is 2.19. The summed E-state index contributed by atoms with van der Waals surface area (Å²) in [6.45, 7) is 3.89. The van der Waals surface area contributed by atoms with E-state index in [0.29, 0.717) is 18.8 Å². The molecule has 148 valence electrons. The van der Waals surface area contributed by atoms with Crippen LogP contribution in [-0.2, 0) is 16.0 Å². The third-order valence-electron chi connectivity index (χ3n) is 5.80. The number of likely N-dealkylation sites (tertiary alicyclic amines) is 1. The van der Waals surface area contributed by atoms with Gasteiger partial charge < -0.3 is 15.1 Å². The number of rotatable bonds is 7. The first-order valence-corrected chi connectivity index (χ1v) is 9.99. The molecule has 0 radical (unpaired) electrons. The van der Waals surface area contributed by atoms with Crippen molar-refractivity contribution in [1.29, 1.82) is 0 Å². The zero-order chi connectivity index (χ0) is 19.2. The van der Waals surface area contributed by atoms with Crippen molar-refractivity contribution in [3.05, 3.63) is 35.6 Å². The summed E-state index contributed by atoms with van der Waals surface area (Å²) in [5.74, 6) is 0.539. The average molecular weight is 375 g/mol. The fourth-order valence-corrected chi connectivity index (χ4v) is 4.02. The lowest BCUT2D eigenvalue weighted by atomic mass is 9.95. The van der Waals surface area contributed by atoms with Crippen molar-refractivity contribution in [3.8, 4) is 0 Å². The molecule has 3 rings (SSSR count). The van der Waals surface area contributed by atoms with Crippen molar-refractivity contribution in [3.63, 3.8) is 0 Å². The number of nitrogens with zero attached hydrogens (tertiary/aromatic N) is 2. The minimum atomic E-state index is -0.187. The minimum absolute atomic E-state index is 0.0146. The van der Waals surface area contributed by atoms with Crippen LogP contribution >= 0.6 is 0 Å². The summed E-state index contributed by atoms with van der Waals surface area (Å²) >= 11 is 0. The number of piperidine rings is 1. The smallest absolute Gasteiger partial charge is 0.224 e. The topological polar surface area (TPSA) is 52.7 Å². The molecule has 2 fully saturated rings. The minimum Gasteiger partial charge on any atom is -0.353 e. The molecular weight excluding hydrogens is 345 g/mol. The molecule has 2 heterocycles. The van der Waals surface area contributed by atoms with Gasteiger partial charge in [-0.05, 0) is 62.4 Å². The summed E-state index contributed by atoms with van der Waals surface area (Å²) in [6, 6.07) is 6.77. The lowest BCUT2D eigenvalue weighted by Gasteiger charge is -2.34. The molecule has 1 N–H and O–H groups in total. The molecule has 1 aromatic carbocycles. The van der Waals surface area contributed by atoms with Crippen LogP contribution in [0.25, 0.3) is 0 Å². The molecule has 2 aliphatic heterocycles. The molecule has 27 heavy (non-hydrogen) atoms. The Labute approximate surface area is 160 Å². The van der Waals surface area contributed by atoms with Crippen LogP contribution in [0, 0.1) is 11.7 Å². The zero-order valence-electron chi connectivity index (χ0n) is 16.1. The monoisotopic (exact) mass is 375 g/mol. The van der Waals surface area contributed by atoms with Gasteiger partial charge in [0, 0.05) is 39.0 Å². The molecule has 1 atom stereocenters. The molecule has 0 aliphatic carbocycles. The molecule has 0 unspecified atom stereocenters. The normalized spacial score (nSPS) is 21.3. The van der Waals surface area contributed by atoms with Gasteiger partial charge in [-0.3, -0.25) is 9.59 Å². The van der Waals surface area contributed by atoms with Crippen molar-refractivity contribution in [2.75, 3.05) is 33.2 Å². The lowest BCUT2D eigenvalue weighted by Crippen LogP contribution is -2.41. The van der Waals surface area contributed by atoms with Gasteiger partial charge in [-0.2, -0.15) is 0 Å². The third-order valence-corrected chi connectivity index (χ3v) is 5.80. The predicted octanol–water partition coefficient (Wildman–Crippen LogP) is 2.21. The Balaban J connectivity index is 1.34. The van der Waals surface area contributed by atoms with E-state index in [0.717, 1.165) is 51.9 Å². The summed E-state index contributed by atoms with van der Waals surface area (Å²) in [4.78, 5) is 27.9. The Morgan fingerprint density at radius 3 is 2.56 bits per heavy atom. The number of benzene rings is 1. The van der Waals surface area contributed by atoms with Gasteiger partial charge in [0.05, 0.1) is 0 Å². The number of halogens is 1. The Bertz CT molecular complexity index is 641. The number of amides is 2.